The monoisotopic (exact) mass is 236 g/mol. The quantitative estimate of drug-likeness (QED) is 0.790. The van der Waals surface area contributed by atoms with Crippen molar-refractivity contribution in [2.45, 2.75) is 12.8 Å². The van der Waals surface area contributed by atoms with E-state index in [0.717, 1.165) is 12.8 Å². The van der Waals surface area contributed by atoms with Gasteiger partial charge in [-0.2, -0.15) is 0 Å². The van der Waals surface area contributed by atoms with E-state index in [1.165, 1.54) is 18.5 Å². The third-order valence-electron chi connectivity index (χ3n) is 3.13. The van der Waals surface area contributed by atoms with Crippen molar-refractivity contribution in [2.24, 2.45) is 5.92 Å². The Balaban J connectivity index is 2.02. The molecule has 1 fully saturated rings. The number of aromatic hydroxyl groups is 1. The lowest BCUT2D eigenvalue weighted by Gasteiger charge is -2.31. The van der Waals surface area contributed by atoms with E-state index >= 15 is 0 Å². The molecule has 0 unspecified atom stereocenters. The van der Waals surface area contributed by atoms with Gasteiger partial charge in [0.15, 0.2) is 0 Å². The first kappa shape index (κ1) is 11.9. The van der Waals surface area contributed by atoms with Crippen LogP contribution in [0.15, 0.2) is 18.5 Å². The first-order valence-electron chi connectivity index (χ1n) is 5.75. The Morgan fingerprint density at radius 2 is 2.12 bits per heavy atom. The van der Waals surface area contributed by atoms with Crippen molar-refractivity contribution in [3.63, 3.8) is 0 Å². The van der Waals surface area contributed by atoms with Gasteiger partial charge >= 0.3 is 0 Å². The minimum Gasteiger partial charge on any atom is -0.506 e. The molecular weight excluding hydrogens is 220 g/mol. The highest BCUT2D eigenvalue weighted by atomic mass is 16.3. The summed E-state index contributed by atoms with van der Waals surface area (Å²) in [5, 5.41) is 18.3. The highest BCUT2D eigenvalue weighted by Crippen LogP contribution is 2.19. The Bertz CT molecular complexity index is 400. The molecule has 0 aliphatic carbocycles. The van der Waals surface area contributed by atoms with Gasteiger partial charge in [0.2, 0.25) is 0 Å². The number of aromatic nitrogens is 1. The summed E-state index contributed by atoms with van der Waals surface area (Å²) in [5.41, 5.74) is 0.410. The van der Waals surface area contributed by atoms with Gasteiger partial charge in [-0.15, -0.1) is 0 Å². The van der Waals surface area contributed by atoms with Crippen molar-refractivity contribution in [3.05, 3.63) is 24.0 Å². The van der Waals surface area contributed by atoms with E-state index in [0.29, 0.717) is 24.6 Å². The smallest absolute Gasteiger partial charge is 0.255 e. The van der Waals surface area contributed by atoms with Gasteiger partial charge in [0.25, 0.3) is 5.91 Å². The second kappa shape index (κ2) is 5.14. The summed E-state index contributed by atoms with van der Waals surface area (Å²) in [6.07, 6.45) is 4.41. The summed E-state index contributed by atoms with van der Waals surface area (Å²) in [7, 11) is 0. The van der Waals surface area contributed by atoms with E-state index in [2.05, 4.69) is 4.98 Å². The van der Waals surface area contributed by atoms with Crippen LogP contribution in [0.1, 0.15) is 23.2 Å². The molecule has 1 aromatic heterocycles. The summed E-state index contributed by atoms with van der Waals surface area (Å²) in [5.74, 6) is 0.201. The molecule has 0 bridgehead atoms. The number of hydrogen-bond donors (Lipinski definition) is 2. The topological polar surface area (TPSA) is 73.7 Å². The molecule has 5 heteroatoms. The fourth-order valence-electron chi connectivity index (χ4n) is 2.05. The van der Waals surface area contributed by atoms with E-state index in [4.69, 9.17) is 5.11 Å². The van der Waals surface area contributed by atoms with Crippen LogP contribution in [0.5, 0.6) is 5.75 Å². The zero-order chi connectivity index (χ0) is 12.3. The van der Waals surface area contributed by atoms with Crippen LogP contribution in [0.3, 0.4) is 0 Å². The zero-order valence-electron chi connectivity index (χ0n) is 9.54. The third-order valence-corrected chi connectivity index (χ3v) is 3.13. The van der Waals surface area contributed by atoms with E-state index in [-0.39, 0.29) is 18.3 Å². The number of carbonyl (C=O) groups is 1. The first-order chi connectivity index (χ1) is 8.20. The lowest BCUT2D eigenvalue weighted by atomic mass is 9.97. The first-order valence-corrected chi connectivity index (χ1v) is 5.75. The fraction of sp³-hybridized carbons (Fsp3) is 0.500. The van der Waals surface area contributed by atoms with Crippen molar-refractivity contribution in [2.75, 3.05) is 19.7 Å². The number of pyridine rings is 1. The summed E-state index contributed by atoms with van der Waals surface area (Å²) >= 11 is 0. The molecule has 0 spiro atoms. The molecule has 1 aliphatic rings. The van der Waals surface area contributed by atoms with Gasteiger partial charge in [-0.05, 0) is 24.8 Å². The van der Waals surface area contributed by atoms with Gasteiger partial charge in [-0.25, -0.2) is 0 Å². The predicted molar refractivity (Wildman–Crippen MR) is 61.6 cm³/mol. The maximum absolute atomic E-state index is 12.1. The van der Waals surface area contributed by atoms with Crippen molar-refractivity contribution in [3.8, 4) is 5.75 Å². The Hall–Kier alpha value is -1.62. The summed E-state index contributed by atoms with van der Waals surface area (Å²) in [6, 6.07) is 1.42. The molecule has 1 saturated heterocycles. The highest BCUT2D eigenvalue weighted by Gasteiger charge is 2.23. The number of aliphatic hydroxyl groups excluding tert-OH is 1. The lowest BCUT2D eigenvalue weighted by Crippen LogP contribution is -2.39. The van der Waals surface area contributed by atoms with E-state index in [9.17, 15) is 9.90 Å². The summed E-state index contributed by atoms with van der Waals surface area (Å²) < 4.78 is 0. The summed E-state index contributed by atoms with van der Waals surface area (Å²) in [4.78, 5) is 17.6. The number of piperidine rings is 1. The number of carbonyl (C=O) groups excluding carboxylic acids is 1. The highest BCUT2D eigenvalue weighted by molar-refractivity contribution is 5.94. The van der Waals surface area contributed by atoms with Crippen LogP contribution in [-0.2, 0) is 0 Å². The van der Waals surface area contributed by atoms with Gasteiger partial charge in [0, 0.05) is 25.9 Å². The van der Waals surface area contributed by atoms with Gasteiger partial charge in [0.1, 0.15) is 5.75 Å². The molecule has 92 valence electrons. The number of aliphatic hydroxyl groups is 1. The molecular formula is C12H16N2O3. The Morgan fingerprint density at radius 3 is 2.71 bits per heavy atom. The van der Waals surface area contributed by atoms with Crippen LogP contribution in [0.2, 0.25) is 0 Å². The molecule has 1 amide bonds. The molecule has 1 aliphatic heterocycles. The van der Waals surface area contributed by atoms with E-state index < -0.39 is 0 Å². The van der Waals surface area contributed by atoms with Gasteiger partial charge in [0.05, 0.1) is 11.8 Å². The molecule has 0 radical (unpaired) electrons. The van der Waals surface area contributed by atoms with Gasteiger partial charge in [-0.3, -0.25) is 9.78 Å². The summed E-state index contributed by atoms with van der Waals surface area (Å²) in [6.45, 7) is 1.50. The number of hydrogen-bond acceptors (Lipinski definition) is 4. The Labute approximate surface area is 99.7 Å². The van der Waals surface area contributed by atoms with Crippen LogP contribution >= 0.6 is 0 Å². The molecule has 0 aromatic carbocycles. The van der Waals surface area contributed by atoms with Crippen molar-refractivity contribution in [1.82, 2.24) is 9.88 Å². The van der Waals surface area contributed by atoms with Crippen molar-refractivity contribution >= 4 is 5.91 Å². The second-order valence-electron chi connectivity index (χ2n) is 4.35. The number of likely N-dealkylation sites (tertiary alicyclic amines) is 1. The average Bonchev–Trinajstić information content (AvgIpc) is 2.38. The fourth-order valence-corrected chi connectivity index (χ4v) is 2.05. The van der Waals surface area contributed by atoms with Crippen LogP contribution in [0.25, 0.3) is 0 Å². The van der Waals surface area contributed by atoms with E-state index in [1.54, 1.807) is 4.90 Å². The van der Waals surface area contributed by atoms with Crippen molar-refractivity contribution < 1.29 is 15.0 Å². The Morgan fingerprint density at radius 1 is 1.41 bits per heavy atom. The third kappa shape index (κ3) is 2.74. The average molecular weight is 236 g/mol. The maximum Gasteiger partial charge on any atom is 0.255 e. The Kier molecular flexibility index (Phi) is 3.58. The van der Waals surface area contributed by atoms with Crippen LogP contribution in [-0.4, -0.2) is 45.7 Å². The molecule has 2 rings (SSSR count). The second-order valence-corrected chi connectivity index (χ2v) is 4.35. The van der Waals surface area contributed by atoms with Crippen LogP contribution < -0.4 is 0 Å². The molecule has 1 aromatic rings. The SMILES string of the molecule is O=C(c1cncc(O)c1)N1CCC(CO)CC1. The van der Waals surface area contributed by atoms with Gasteiger partial charge < -0.3 is 15.1 Å². The largest absolute Gasteiger partial charge is 0.506 e. The van der Waals surface area contributed by atoms with Crippen molar-refractivity contribution in [1.29, 1.82) is 0 Å². The number of nitrogens with zero attached hydrogens (tertiary/aromatic N) is 2. The standard InChI is InChI=1S/C12H16N2O3/c15-8-9-1-3-14(4-2-9)12(17)10-5-11(16)7-13-6-10/h5-7,9,15-16H,1-4,8H2. The minimum atomic E-state index is -0.107. The molecule has 0 atom stereocenters. The molecule has 17 heavy (non-hydrogen) atoms. The lowest BCUT2D eigenvalue weighted by molar-refractivity contribution is 0.0650. The number of rotatable bonds is 2. The zero-order valence-corrected chi connectivity index (χ0v) is 9.54. The molecule has 5 nitrogen and oxygen atoms in total. The van der Waals surface area contributed by atoms with Crippen LogP contribution in [0, 0.1) is 5.92 Å². The van der Waals surface area contributed by atoms with E-state index in [1.807, 2.05) is 0 Å². The number of amides is 1. The minimum absolute atomic E-state index is 0.00101. The molecule has 2 N–H and O–H groups in total. The molecule has 2 heterocycles. The molecule has 0 saturated carbocycles. The predicted octanol–water partition coefficient (Wildman–Crippen LogP) is 0.632. The maximum atomic E-state index is 12.1. The van der Waals surface area contributed by atoms with Gasteiger partial charge in [-0.1, -0.05) is 0 Å². The normalized spacial score (nSPS) is 17.1. The van der Waals surface area contributed by atoms with Crippen LogP contribution in [0.4, 0.5) is 0 Å².